The Labute approximate surface area is 197 Å². The molecule has 9 heteroatoms. The molecule has 0 amide bonds. The molecule has 0 aliphatic heterocycles. The van der Waals surface area contributed by atoms with Crippen molar-refractivity contribution in [3.05, 3.63) is 35.7 Å². The van der Waals surface area contributed by atoms with E-state index >= 15 is 0 Å². The third kappa shape index (κ3) is 3.10. The SMILES string of the molecule is Cc1cc(Nc2nc(NC3C4CC5CC(O)(C4)CC3(C3=CC3)C5)nc3c2ccn3CCO)n[nH]1. The van der Waals surface area contributed by atoms with Gasteiger partial charge in [-0.05, 0) is 63.4 Å². The van der Waals surface area contributed by atoms with Gasteiger partial charge in [0.05, 0.1) is 17.6 Å². The highest BCUT2D eigenvalue weighted by molar-refractivity contribution is 5.90. The lowest BCUT2D eigenvalue weighted by Gasteiger charge is -2.63. The molecule has 34 heavy (non-hydrogen) atoms. The van der Waals surface area contributed by atoms with Crippen molar-refractivity contribution in [3.8, 4) is 0 Å². The zero-order valence-corrected chi connectivity index (χ0v) is 19.4. The van der Waals surface area contributed by atoms with E-state index in [2.05, 4.69) is 26.9 Å². The first-order chi connectivity index (χ1) is 16.4. The fourth-order valence-corrected chi connectivity index (χ4v) is 7.53. The molecule has 0 spiro atoms. The fourth-order valence-electron chi connectivity index (χ4n) is 7.53. The number of anilines is 3. The Morgan fingerprint density at radius 3 is 2.88 bits per heavy atom. The molecule has 9 nitrogen and oxygen atoms in total. The molecular formula is C25H31N7O2. The average Bonchev–Trinajstić information content (AvgIpc) is 3.46. The molecule has 5 N–H and O–H groups in total. The van der Waals surface area contributed by atoms with Crippen molar-refractivity contribution in [3.63, 3.8) is 0 Å². The van der Waals surface area contributed by atoms with Gasteiger partial charge in [-0.3, -0.25) is 5.10 Å². The maximum Gasteiger partial charge on any atom is 0.226 e. The molecule has 4 saturated carbocycles. The van der Waals surface area contributed by atoms with E-state index in [9.17, 15) is 10.2 Å². The Kier molecular flexibility index (Phi) is 4.24. The number of allylic oxidation sites excluding steroid dienone is 1. The number of aliphatic hydroxyl groups excluding tert-OH is 1. The van der Waals surface area contributed by atoms with Gasteiger partial charge >= 0.3 is 0 Å². The molecule has 3 heterocycles. The minimum atomic E-state index is -0.515. The van der Waals surface area contributed by atoms with Crippen molar-refractivity contribution in [1.29, 1.82) is 0 Å². The van der Waals surface area contributed by atoms with E-state index in [1.807, 2.05) is 29.8 Å². The Hall–Kier alpha value is -2.91. The molecule has 5 aliphatic carbocycles. The summed E-state index contributed by atoms with van der Waals surface area (Å²) in [6.07, 6.45) is 10.3. The second-order valence-corrected chi connectivity index (χ2v) is 11.0. The summed E-state index contributed by atoms with van der Waals surface area (Å²) in [4.78, 5) is 9.83. The molecule has 4 fully saturated rings. The van der Waals surface area contributed by atoms with Crippen LogP contribution in [0.25, 0.3) is 11.0 Å². The first kappa shape index (κ1) is 20.5. The van der Waals surface area contributed by atoms with Gasteiger partial charge in [0, 0.05) is 36.0 Å². The van der Waals surface area contributed by atoms with Crippen LogP contribution in [0.1, 0.15) is 44.2 Å². The van der Waals surface area contributed by atoms with Crippen LogP contribution >= 0.6 is 0 Å². The van der Waals surface area contributed by atoms with Gasteiger partial charge in [-0.2, -0.15) is 15.1 Å². The molecule has 3 aromatic heterocycles. The van der Waals surface area contributed by atoms with E-state index < -0.39 is 5.60 Å². The van der Waals surface area contributed by atoms with Crippen LogP contribution in [0.3, 0.4) is 0 Å². The first-order valence-electron chi connectivity index (χ1n) is 12.4. The lowest BCUT2D eigenvalue weighted by Crippen LogP contribution is -2.64. The predicted octanol–water partition coefficient (Wildman–Crippen LogP) is 3.25. The summed E-state index contributed by atoms with van der Waals surface area (Å²) >= 11 is 0. The Morgan fingerprint density at radius 2 is 2.15 bits per heavy atom. The highest BCUT2D eigenvalue weighted by Gasteiger charge is 2.64. The van der Waals surface area contributed by atoms with E-state index in [1.165, 1.54) is 5.57 Å². The van der Waals surface area contributed by atoms with Crippen molar-refractivity contribution >= 4 is 28.6 Å². The van der Waals surface area contributed by atoms with Crippen molar-refractivity contribution in [1.82, 2.24) is 24.7 Å². The number of aromatic nitrogens is 5. The maximum atomic E-state index is 11.3. The lowest BCUT2D eigenvalue weighted by molar-refractivity contribution is -0.156. The summed E-state index contributed by atoms with van der Waals surface area (Å²) in [5.74, 6) is 3.02. The van der Waals surface area contributed by atoms with Gasteiger partial charge in [0.2, 0.25) is 5.95 Å². The quantitative estimate of drug-likeness (QED) is 0.342. The topological polar surface area (TPSA) is 124 Å². The van der Waals surface area contributed by atoms with Gasteiger partial charge in [-0.25, -0.2) is 0 Å². The Balaban J connectivity index is 1.29. The molecule has 5 unspecified atom stereocenters. The molecule has 0 saturated heterocycles. The summed E-state index contributed by atoms with van der Waals surface area (Å²) in [5, 5.41) is 36.2. The summed E-state index contributed by atoms with van der Waals surface area (Å²) < 4.78 is 1.96. The number of aromatic amines is 1. The van der Waals surface area contributed by atoms with Crippen LogP contribution in [0.15, 0.2) is 30.0 Å². The third-order valence-electron chi connectivity index (χ3n) is 8.56. The van der Waals surface area contributed by atoms with Crippen LogP contribution in [0.4, 0.5) is 17.6 Å². The minimum Gasteiger partial charge on any atom is -0.395 e. The predicted molar refractivity (Wildman–Crippen MR) is 129 cm³/mol. The highest BCUT2D eigenvalue weighted by Crippen LogP contribution is 2.66. The molecule has 5 atom stereocenters. The fraction of sp³-hybridized carbons (Fsp3) is 0.560. The van der Waals surface area contributed by atoms with E-state index in [1.54, 1.807) is 0 Å². The van der Waals surface area contributed by atoms with Crippen molar-refractivity contribution in [2.24, 2.45) is 17.3 Å². The van der Waals surface area contributed by atoms with Gasteiger partial charge in [0.25, 0.3) is 0 Å². The summed E-state index contributed by atoms with van der Waals surface area (Å²) in [6.45, 7) is 2.48. The number of aryl methyl sites for hydroxylation is 1. The molecule has 0 aromatic carbocycles. The van der Waals surface area contributed by atoms with E-state index in [0.717, 1.165) is 55.3 Å². The van der Waals surface area contributed by atoms with Crippen molar-refractivity contribution in [2.75, 3.05) is 17.2 Å². The van der Waals surface area contributed by atoms with Crippen LogP contribution in [0.2, 0.25) is 0 Å². The zero-order valence-electron chi connectivity index (χ0n) is 19.4. The van der Waals surface area contributed by atoms with Crippen LogP contribution in [0.5, 0.6) is 0 Å². The molecule has 4 bridgehead atoms. The molecule has 3 aromatic rings. The van der Waals surface area contributed by atoms with Gasteiger partial charge in [0.15, 0.2) is 5.82 Å². The normalized spacial score (nSPS) is 33.4. The monoisotopic (exact) mass is 461 g/mol. The second kappa shape index (κ2) is 7.05. The standard InChI is InChI=1S/C25H31N7O2/c1-14-8-19(31-30-14)26-21-18-4-5-32(6-7-33)22(18)29-23(28-21)27-20-16-9-15-10-24(34,12-16)13-25(20,11-15)17-2-3-17/h2,4-5,8,15-16,20,33-34H,3,6-7,9-13H2,1H3,(H3,26,27,28,29,30,31). The maximum absolute atomic E-state index is 11.3. The number of nitrogens with zero attached hydrogens (tertiary/aromatic N) is 4. The second-order valence-electron chi connectivity index (χ2n) is 11.0. The van der Waals surface area contributed by atoms with Gasteiger partial charge in [-0.1, -0.05) is 11.6 Å². The van der Waals surface area contributed by atoms with Gasteiger partial charge in [-0.15, -0.1) is 0 Å². The number of aliphatic hydroxyl groups is 2. The number of hydrogen-bond donors (Lipinski definition) is 5. The molecule has 5 aliphatic rings. The number of fused-ring (bicyclic) bond motifs is 1. The molecule has 0 radical (unpaired) electrons. The molecule has 8 rings (SSSR count). The van der Waals surface area contributed by atoms with Crippen LogP contribution in [-0.4, -0.2) is 53.2 Å². The number of H-pyrrole nitrogens is 1. The van der Waals surface area contributed by atoms with Crippen LogP contribution < -0.4 is 10.6 Å². The lowest BCUT2D eigenvalue weighted by atomic mass is 9.45. The smallest absolute Gasteiger partial charge is 0.226 e. The summed E-state index contributed by atoms with van der Waals surface area (Å²) in [5.41, 5.74) is 2.75. The number of nitrogens with one attached hydrogen (secondary N) is 3. The van der Waals surface area contributed by atoms with E-state index in [4.69, 9.17) is 9.97 Å². The van der Waals surface area contributed by atoms with Crippen molar-refractivity contribution < 1.29 is 10.2 Å². The first-order valence-corrected chi connectivity index (χ1v) is 12.4. The Morgan fingerprint density at radius 1 is 1.26 bits per heavy atom. The number of rotatable bonds is 7. The Bertz CT molecular complexity index is 1310. The van der Waals surface area contributed by atoms with Gasteiger partial charge < -0.3 is 25.4 Å². The highest BCUT2D eigenvalue weighted by atomic mass is 16.3. The number of hydrogen-bond acceptors (Lipinski definition) is 7. The van der Waals surface area contributed by atoms with Gasteiger partial charge in [0.1, 0.15) is 11.5 Å². The molecular weight excluding hydrogens is 430 g/mol. The van der Waals surface area contributed by atoms with E-state index in [0.29, 0.717) is 36.0 Å². The minimum absolute atomic E-state index is 0.0111. The van der Waals surface area contributed by atoms with Crippen LogP contribution in [0, 0.1) is 24.2 Å². The average molecular weight is 462 g/mol. The van der Waals surface area contributed by atoms with Crippen LogP contribution in [-0.2, 0) is 6.54 Å². The zero-order chi connectivity index (χ0) is 23.1. The molecule has 178 valence electrons. The largest absolute Gasteiger partial charge is 0.395 e. The summed E-state index contributed by atoms with van der Waals surface area (Å²) in [7, 11) is 0. The summed E-state index contributed by atoms with van der Waals surface area (Å²) in [6, 6.07) is 4.14. The van der Waals surface area contributed by atoms with Crippen molar-refractivity contribution in [2.45, 2.75) is 63.6 Å². The van der Waals surface area contributed by atoms with E-state index in [-0.39, 0.29) is 18.1 Å². The third-order valence-corrected chi connectivity index (χ3v) is 8.56.